The lowest BCUT2D eigenvalue weighted by Gasteiger charge is -2.24. The summed E-state index contributed by atoms with van der Waals surface area (Å²) >= 11 is 0. The predicted molar refractivity (Wildman–Crippen MR) is 179 cm³/mol. The Morgan fingerprint density at radius 3 is 1.55 bits per heavy atom. The minimum atomic E-state index is 0.342. The number of rotatable bonds is 30. The maximum Gasteiger partial charge on any atom is 0.0644 e. The first-order chi connectivity index (χ1) is 19.6. The standard InChI is InChI=1S/C30H57NO3.C6H14/c1-5-7-9-10-11-12-13-14-15-17-22-26-33-28-30(31(3)4)29-34-27-23-19-16-18-21-25-32-24-20-8-6-2;1-3-5-6-4-2/h5-6,8-10,30H,1,7,11-29H2,2-4H3;3-6H2,1-2H3/b8-6+,10-9-;. The van der Waals surface area contributed by atoms with Gasteiger partial charge < -0.3 is 19.1 Å². The second-order valence-corrected chi connectivity index (χ2v) is 11.1. The molecule has 0 aromatic carbocycles. The van der Waals surface area contributed by atoms with Crippen molar-refractivity contribution in [1.29, 1.82) is 0 Å². The second kappa shape index (κ2) is 38.1. The summed E-state index contributed by atoms with van der Waals surface area (Å²) in [6.07, 6.45) is 33.3. The lowest BCUT2D eigenvalue weighted by Crippen LogP contribution is -2.37. The fourth-order valence-electron chi connectivity index (χ4n) is 4.13. The molecule has 0 saturated heterocycles. The topological polar surface area (TPSA) is 30.9 Å². The zero-order valence-electron chi connectivity index (χ0n) is 27.8. The van der Waals surface area contributed by atoms with Crippen LogP contribution in [0.3, 0.4) is 0 Å². The van der Waals surface area contributed by atoms with Crippen LogP contribution in [0.25, 0.3) is 0 Å². The molecule has 40 heavy (non-hydrogen) atoms. The van der Waals surface area contributed by atoms with Gasteiger partial charge in [0.1, 0.15) is 0 Å². The number of allylic oxidation sites excluding steroid dienone is 4. The van der Waals surface area contributed by atoms with Gasteiger partial charge in [0, 0.05) is 19.8 Å². The Morgan fingerprint density at radius 1 is 0.575 bits per heavy atom. The van der Waals surface area contributed by atoms with Gasteiger partial charge in [0.2, 0.25) is 0 Å². The lowest BCUT2D eigenvalue weighted by molar-refractivity contribution is 0.0197. The molecule has 0 aliphatic rings. The molecular formula is C36H71NO3. The quantitative estimate of drug-likeness (QED) is 0.0640. The smallest absolute Gasteiger partial charge is 0.0644 e. The molecule has 0 heterocycles. The molecule has 0 bridgehead atoms. The minimum Gasteiger partial charge on any atom is -0.381 e. The van der Waals surface area contributed by atoms with Crippen molar-refractivity contribution in [1.82, 2.24) is 4.90 Å². The summed E-state index contributed by atoms with van der Waals surface area (Å²) in [7, 11) is 4.23. The van der Waals surface area contributed by atoms with Crippen LogP contribution in [0.1, 0.15) is 136 Å². The minimum absolute atomic E-state index is 0.342. The van der Waals surface area contributed by atoms with E-state index in [4.69, 9.17) is 14.2 Å². The van der Waals surface area contributed by atoms with Crippen molar-refractivity contribution in [2.45, 2.75) is 142 Å². The fraction of sp³-hybridized carbons (Fsp3) is 0.833. The fourth-order valence-corrected chi connectivity index (χ4v) is 4.13. The van der Waals surface area contributed by atoms with E-state index in [2.05, 4.69) is 70.6 Å². The van der Waals surface area contributed by atoms with E-state index in [0.717, 1.165) is 58.9 Å². The molecule has 0 aromatic heterocycles. The summed E-state index contributed by atoms with van der Waals surface area (Å²) in [5.41, 5.74) is 0. The van der Waals surface area contributed by atoms with Crippen molar-refractivity contribution in [3.63, 3.8) is 0 Å². The molecule has 0 radical (unpaired) electrons. The molecule has 0 amide bonds. The number of likely N-dealkylation sites (N-methyl/N-ethyl adjacent to an activating group) is 1. The Balaban J connectivity index is 0. The van der Waals surface area contributed by atoms with Gasteiger partial charge in [-0.3, -0.25) is 0 Å². The average molecular weight is 566 g/mol. The van der Waals surface area contributed by atoms with Crippen LogP contribution in [0, 0.1) is 0 Å². The van der Waals surface area contributed by atoms with Crippen LogP contribution in [0.2, 0.25) is 0 Å². The number of nitrogens with zero attached hydrogens (tertiary/aromatic N) is 1. The van der Waals surface area contributed by atoms with E-state index in [9.17, 15) is 0 Å². The largest absolute Gasteiger partial charge is 0.381 e. The third-order valence-corrected chi connectivity index (χ3v) is 6.93. The average Bonchev–Trinajstić information content (AvgIpc) is 2.95. The molecule has 1 unspecified atom stereocenters. The van der Waals surface area contributed by atoms with Crippen molar-refractivity contribution in [3.05, 3.63) is 37.0 Å². The van der Waals surface area contributed by atoms with Gasteiger partial charge in [0.15, 0.2) is 0 Å². The van der Waals surface area contributed by atoms with Crippen LogP contribution in [-0.4, -0.2) is 64.7 Å². The predicted octanol–water partition coefficient (Wildman–Crippen LogP) is 10.3. The van der Waals surface area contributed by atoms with E-state index < -0.39 is 0 Å². The Kier molecular flexibility index (Phi) is 39.2. The van der Waals surface area contributed by atoms with Crippen LogP contribution < -0.4 is 0 Å². The van der Waals surface area contributed by atoms with Crippen LogP contribution in [0.15, 0.2) is 37.0 Å². The third kappa shape index (κ3) is 37.1. The molecule has 0 rings (SSSR count). The Hall–Kier alpha value is -0.940. The van der Waals surface area contributed by atoms with Crippen LogP contribution >= 0.6 is 0 Å². The third-order valence-electron chi connectivity index (χ3n) is 6.93. The first-order valence-corrected chi connectivity index (χ1v) is 16.9. The van der Waals surface area contributed by atoms with Gasteiger partial charge in [-0.25, -0.2) is 0 Å². The first-order valence-electron chi connectivity index (χ1n) is 16.9. The van der Waals surface area contributed by atoms with Gasteiger partial charge in [0.25, 0.3) is 0 Å². The van der Waals surface area contributed by atoms with Crippen LogP contribution in [0.4, 0.5) is 0 Å². The molecular weight excluding hydrogens is 494 g/mol. The number of unbranched alkanes of at least 4 members (excludes halogenated alkanes) is 13. The van der Waals surface area contributed by atoms with Crippen molar-refractivity contribution < 1.29 is 14.2 Å². The van der Waals surface area contributed by atoms with Gasteiger partial charge in [-0.05, 0) is 66.0 Å². The lowest BCUT2D eigenvalue weighted by atomic mass is 10.1. The number of ether oxygens (including phenoxy) is 3. The molecule has 0 saturated carbocycles. The zero-order valence-corrected chi connectivity index (χ0v) is 27.8. The van der Waals surface area contributed by atoms with Gasteiger partial charge in [-0.15, -0.1) is 6.58 Å². The molecule has 1 atom stereocenters. The summed E-state index contributed by atoms with van der Waals surface area (Å²) in [4.78, 5) is 2.22. The van der Waals surface area contributed by atoms with Gasteiger partial charge >= 0.3 is 0 Å². The highest BCUT2D eigenvalue weighted by Gasteiger charge is 2.11. The van der Waals surface area contributed by atoms with Crippen molar-refractivity contribution in [2.24, 2.45) is 0 Å². The monoisotopic (exact) mass is 566 g/mol. The highest BCUT2D eigenvalue weighted by atomic mass is 16.5. The highest BCUT2D eigenvalue weighted by molar-refractivity contribution is 4.88. The summed E-state index contributed by atoms with van der Waals surface area (Å²) in [6, 6.07) is 0.342. The summed E-state index contributed by atoms with van der Waals surface area (Å²) in [6.45, 7) is 15.2. The molecule has 0 aliphatic carbocycles. The molecule has 4 heteroatoms. The molecule has 0 aromatic rings. The van der Waals surface area contributed by atoms with Crippen molar-refractivity contribution in [3.8, 4) is 0 Å². The van der Waals surface area contributed by atoms with E-state index in [1.807, 2.05) is 6.08 Å². The molecule has 238 valence electrons. The normalized spacial score (nSPS) is 12.3. The van der Waals surface area contributed by atoms with E-state index in [0.29, 0.717) is 6.04 Å². The zero-order chi connectivity index (χ0) is 29.8. The molecule has 0 N–H and O–H groups in total. The molecule has 0 aliphatic heterocycles. The Bertz CT molecular complexity index is 514. The van der Waals surface area contributed by atoms with E-state index in [1.165, 1.54) is 96.3 Å². The Labute approximate surface area is 252 Å². The SMILES string of the molecule is C=CC/C=C\CCCCCCCCOCC(COCCCCCCCOCC/C=C/C)N(C)C.CCCCCC. The van der Waals surface area contributed by atoms with E-state index in [-0.39, 0.29) is 0 Å². The van der Waals surface area contributed by atoms with Crippen molar-refractivity contribution >= 4 is 0 Å². The Morgan fingerprint density at radius 2 is 1.07 bits per heavy atom. The first kappa shape index (κ1) is 41.2. The van der Waals surface area contributed by atoms with E-state index in [1.54, 1.807) is 0 Å². The maximum absolute atomic E-state index is 5.95. The van der Waals surface area contributed by atoms with Crippen LogP contribution in [0.5, 0.6) is 0 Å². The number of hydrogen-bond donors (Lipinski definition) is 0. The van der Waals surface area contributed by atoms with Gasteiger partial charge in [-0.2, -0.15) is 0 Å². The molecule has 0 spiro atoms. The highest BCUT2D eigenvalue weighted by Crippen LogP contribution is 2.09. The summed E-state index contributed by atoms with van der Waals surface area (Å²) in [5.74, 6) is 0. The maximum atomic E-state index is 5.95. The molecule has 0 fully saturated rings. The van der Waals surface area contributed by atoms with Crippen LogP contribution in [-0.2, 0) is 14.2 Å². The van der Waals surface area contributed by atoms with Gasteiger partial charge in [0.05, 0.1) is 25.9 Å². The van der Waals surface area contributed by atoms with Crippen molar-refractivity contribution in [2.75, 3.05) is 53.7 Å². The van der Waals surface area contributed by atoms with E-state index >= 15 is 0 Å². The summed E-state index contributed by atoms with van der Waals surface area (Å²) < 4.78 is 17.5. The molecule has 4 nitrogen and oxygen atoms in total. The summed E-state index contributed by atoms with van der Waals surface area (Å²) in [5, 5.41) is 0. The second-order valence-electron chi connectivity index (χ2n) is 11.1. The van der Waals surface area contributed by atoms with Gasteiger partial charge in [-0.1, -0.05) is 115 Å². The number of hydrogen-bond acceptors (Lipinski definition) is 4.